The highest BCUT2D eigenvalue weighted by Crippen LogP contribution is 2.37. The van der Waals surface area contributed by atoms with E-state index in [4.69, 9.17) is 5.73 Å². The molecule has 4 aromatic carbocycles. The zero-order valence-corrected chi connectivity index (χ0v) is 13.1. The van der Waals surface area contributed by atoms with Gasteiger partial charge in [0.1, 0.15) is 0 Å². The van der Waals surface area contributed by atoms with E-state index in [1.807, 2.05) is 6.08 Å². The van der Waals surface area contributed by atoms with Gasteiger partial charge in [-0.3, -0.25) is 0 Å². The first-order chi connectivity index (χ1) is 10.3. The molecule has 2 N–H and O–H groups in total. The van der Waals surface area contributed by atoms with Crippen molar-refractivity contribution in [1.29, 1.82) is 0 Å². The van der Waals surface area contributed by atoms with Gasteiger partial charge in [-0.05, 0) is 44.3 Å². The first-order valence-electron chi connectivity index (χ1n) is 7.32. The van der Waals surface area contributed by atoms with E-state index in [1.165, 1.54) is 37.9 Å². The van der Waals surface area contributed by atoms with Crippen LogP contribution in [-0.4, -0.2) is 0 Å². The second kappa shape index (κ2) is 5.60. The molecule has 0 bridgehead atoms. The second-order valence-corrected chi connectivity index (χ2v) is 5.64. The maximum Gasteiger partial charge on any atom is 0.0335 e. The predicted octanol–water partition coefficient (Wildman–Crippen LogP) is 5.58. The van der Waals surface area contributed by atoms with Crippen molar-refractivity contribution < 1.29 is 0 Å². The summed E-state index contributed by atoms with van der Waals surface area (Å²) in [7, 11) is 0. The van der Waals surface area contributed by atoms with Gasteiger partial charge in [0.2, 0.25) is 0 Å². The maximum atomic E-state index is 6.33. The average Bonchev–Trinajstić information content (AvgIpc) is 2.52. The standard InChI is InChI=1S/C20H17N.ClH/c1-2-4-18(21)16-11-9-15-8-7-13-5-3-6-14-10-12-17(16)20(15)19(13)14;/h2-3,5-12,18H,1,4,21H2;1H/t18-;/m0./s1. The summed E-state index contributed by atoms with van der Waals surface area (Å²) in [6.45, 7) is 3.81. The Kier molecular flexibility index (Phi) is 3.78. The fourth-order valence-electron chi connectivity index (χ4n) is 3.39. The van der Waals surface area contributed by atoms with Crippen LogP contribution < -0.4 is 5.73 Å². The molecule has 0 aliphatic carbocycles. The first-order valence-corrected chi connectivity index (χ1v) is 7.32. The Morgan fingerprint density at radius 1 is 0.864 bits per heavy atom. The van der Waals surface area contributed by atoms with Gasteiger partial charge in [-0.1, -0.05) is 60.7 Å². The van der Waals surface area contributed by atoms with E-state index >= 15 is 0 Å². The van der Waals surface area contributed by atoms with Gasteiger partial charge < -0.3 is 5.73 Å². The van der Waals surface area contributed by atoms with Gasteiger partial charge in [0, 0.05) is 6.04 Å². The number of halogens is 1. The lowest BCUT2D eigenvalue weighted by Gasteiger charge is -2.17. The Morgan fingerprint density at radius 3 is 2.14 bits per heavy atom. The monoisotopic (exact) mass is 307 g/mol. The lowest BCUT2D eigenvalue weighted by molar-refractivity contribution is 0.749. The van der Waals surface area contributed by atoms with Crippen molar-refractivity contribution in [3.63, 3.8) is 0 Å². The van der Waals surface area contributed by atoms with Crippen molar-refractivity contribution in [1.82, 2.24) is 0 Å². The molecule has 0 aliphatic heterocycles. The van der Waals surface area contributed by atoms with Crippen LogP contribution in [0.4, 0.5) is 0 Å². The van der Waals surface area contributed by atoms with E-state index in [1.54, 1.807) is 0 Å². The van der Waals surface area contributed by atoms with E-state index in [2.05, 4.69) is 61.2 Å². The number of hydrogen-bond acceptors (Lipinski definition) is 1. The second-order valence-electron chi connectivity index (χ2n) is 5.64. The largest absolute Gasteiger partial charge is 0.324 e. The van der Waals surface area contributed by atoms with Gasteiger partial charge in [-0.2, -0.15) is 0 Å². The molecule has 110 valence electrons. The molecule has 0 fully saturated rings. The van der Waals surface area contributed by atoms with Crippen LogP contribution in [-0.2, 0) is 0 Å². The minimum Gasteiger partial charge on any atom is -0.324 e. The van der Waals surface area contributed by atoms with E-state index < -0.39 is 0 Å². The maximum absolute atomic E-state index is 6.33. The van der Waals surface area contributed by atoms with Gasteiger partial charge in [-0.15, -0.1) is 19.0 Å². The summed E-state index contributed by atoms with van der Waals surface area (Å²) in [6.07, 6.45) is 2.69. The minimum absolute atomic E-state index is 0. The summed E-state index contributed by atoms with van der Waals surface area (Å²) in [5, 5.41) is 7.82. The van der Waals surface area contributed by atoms with Crippen LogP contribution in [0.15, 0.2) is 67.3 Å². The van der Waals surface area contributed by atoms with Gasteiger partial charge in [0.05, 0.1) is 0 Å². The molecule has 1 atom stereocenters. The predicted molar refractivity (Wildman–Crippen MR) is 99.1 cm³/mol. The number of rotatable bonds is 3. The number of benzene rings is 4. The Labute approximate surface area is 136 Å². The lowest BCUT2D eigenvalue weighted by atomic mass is 9.89. The number of nitrogens with two attached hydrogens (primary N) is 1. The quantitative estimate of drug-likeness (QED) is 0.388. The van der Waals surface area contributed by atoms with E-state index in [9.17, 15) is 0 Å². The highest BCUT2D eigenvalue weighted by atomic mass is 35.5. The van der Waals surface area contributed by atoms with Crippen LogP contribution >= 0.6 is 12.4 Å². The molecule has 0 aliphatic rings. The Hall–Kier alpha value is -2.09. The van der Waals surface area contributed by atoms with Gasteiger partial charge in [0.25, 0.3) is 0 Å². The van der Waals surface area contributed by atoms with Crippen LogP contribution in [0, 0.1) is 0 Å². The summed E-state index contributed by atoms with van der Waals surface area (Å²) in [6, 6.07) is 19.6. The summed E-state index contributed by atoms with van der Waals surface area (Å²) >= 11 is 0. The summed E-state index contributed by atoms with van der Waals surface area (Å²) in [5.41, 5.74) is 7.54. The molecule has 0 heterocycles. The Morgan fingerprint density at radius 2 is 1.45 bits per heavy atom. The van der Waals surface area contributed by atoms with Crippen LogP contribution in [0.2, 0.25) is 0 Å². The molecule has 0 saturated heterocycles. The zero-order chi connectivity index (χ0) is 14.4. The molecular weight excluding hydrogens is 290 g/mol. The molecule has 0 unspecified atom stereocenters. The van der Waals surface area contributed by atoms with Crippen LogP contribution in [0.25, 0.3) is 32.3 Å². The lowest BCUT2D eigenvalue weighted by Crippen LogP contribution is -2.09. The third-order valence-electron chi connectivity index (χ3n) is 4.38. The molecule has 2 heteroatoms. The normalized spacial score (nSPS) is 12.6. The van der Waals surface area contributed by atoms with Crippen molar-refractivity contribution in [2.45, 2.75) is 12.5 Å². The molecule has 4 rings (SSSR count). The smallest absolute Gasteiger partial charge is 0.0335 e. The molecule has 4 aromatic rings. The topological polar surface area (TPSA) is 26.0 Å². The molecule has 1 nitrogen and oxygen atoms in total. The third-order valence-corrected chi connectivity index (χ3v) is 4.38. The van der Waals surface area contributed by atoms with Crippen molar-refractivity contribution in [3.8, 4) is 0 Å². The molecule has 0 radical (unpaired) electrons. The Balaban J connectivity index is 0.00000144. The van der Waals surface area contributed by atoms with E-state index in [0.29, 0.717) is 0 Å². The van der Waals surface area contributed by atoms with Crippen LogP contribution in [0.3, 0.4) is 0 Å². The van der Waals surface area contributed by atoms with Crippen LogP contribution in [0.5, 0.6) is 0 Å². The molecule has 0 amide bonds. The minimum atomic E-state index is 0. The highest BCUT2D eigenvalue weighted by Gasteiger charge is 2.13. The van der Waals surface area contributed by atoms with Crippen molar-refractivity contribution in [2.75, 3.05) is 0 Å². The van der Waals surface area contributed by atoms with Crippen LogP contribution in [0.1, 0.15) is 18.0 Å². The SMILES string of the molecule is C=CC[C@H](N)c1ccc2ccc3cccc4ccc1c2c34.Cl. The third kappa shape index (κ3) is 2.06. The molecule has 0 aromatic heterocycles. The van der Waals surface area contributed by atoms with Gasteiger partial charge in [0.15, 0.2) is 0 Å². The summed E-state index contributed by atoms with van der Waals surface area (Å²) in [5.74, 6) is 0. The molecule has 0 spiro atoms. The van der Waals surface area contributed by atoms with Crippen molar-refractivity contribution in [3.05, 3.63) is 72.8 Å². The summed E-state index contributed by atoms with van der Waals surface area (Å²) < 4.78 is 0. The van der Waals surface area contributed by atoms with E-state index in [0.717, 1.165) is 6.42 Å². The molecule has 0 saturated carbocycles. The summed E-state index contributed by atoms with van der Waals surface area (Å²) in [4.78, 5) is 0. The highest BCUT2D eigenvalue weighted by molar-refractivity contribution is 6.23. The average molecular weight is 308 g/mol. The fourth-order valence-corrected chi connectivity index (χ4v) is 3.39. The Bertz CT molecular complexity index is 942. The van der Waals surface area contributed by atoms with E-state index in [-0.39, 0.29) is 18.4 Å². The number of hydrogen-bond donors (Lipinski definition) is 1. The van der Waals surface area contributed by atoms with Crippen molar-refractivity contribution >= 4 is 44.7 Å². The fraction of sp³-hybridized carbons (Fsp3) is 0.100. The first kappa shape index (κ1) is 14.8. The molecule has 22 heavy (non-hydrogen) atoms. The van der Waals surface area contributed by atoms with Gasteiger partial charge >= 0.3 is 0 Å². The van der Waals surface area contributed by atoms with Crippen molar-refractivity contribution in [2.24, 2.45) is 5.73 Å². The van der Waals surface area contributed by atoms with Gasteiger partial charge in [-0.25, -0.2) is 0 Å². The molecular formula is C20H18ClN. The zero-order valence-electron chi connectivity index (χ0n) is 12.3.